The predicted molar refractivity (Wildman–Crippen MR) is 179 cm³/mol. The Morgan fingerprint density at radius 1 is 0.936 bits per heavy atom. The lowest BCUT2D eigenvalue weighted by atomic mass is 9.99. The van der Waals surface area contributed by atoms with E-state index in [1.165, 1.54) is 35.7 Å². The number of hydrogen-bond donors (Lipinski definition) is 3. The van der Waals surface area contributed by atoms with E-state index >= 15 is 0 Å². The van der Waals surface area contributed by atoms with E-state index in [-0.39, 0.29) is 23.5 Å². The number of nitrogens with zero attached hydrogens (tertiary/aromatic N) is 2. The number of carbonyl (C=O) groups excluding carboxylic acids is 2. The van der Waals surface area contributed by atoms with Crippen LogP contribution in [0, 0.1) is 17.6 Å². The monoisotopic (exact) mass is 659 g/mol. The number of thiophene rings is 1. The van der Waals surface area contributed by atoms with Gasteiger partial charge in [-0.25, -0.2) is 8.78 Å². The van der Waals surface area contributed by atoms with Crippen molar-refractivity contribution in [2.24, 2.45) is 5.92 Å². The number of halogens is 2. The molecule has 11 heteroatoms. The van der Waals surface area contributed by atoms with Crippen LogP contribution < -0.4 is 10.7 Å². The van der Waals surface area contributed by atoms with Crippen LogP contribution in [-0.2, 0) is 24.4 Å². The van der Waals surface area contributed by atoms with Crippen LogP contribution in [0.4, 0.5) is 14.5 Å². The van der Waals surface area contributed by atoms with Gasteiger partial charge >= 0.3 is 0 Å². The molecule has 0 saturated carbocycles. The van der Waals surface area contributed by atoms with Crippen LogP contribution in [-0.4, -0.2) is 51.1 Å². The first kappa shape index (κ1) is 33.8. The standard InChI is InChI=1S/C36H35F2N3O5S/c1-21(2)32(44)27-19-41(18-25-28(37)10-7-11-29(25)38)36-31(33(27)45)26(17-40(3)16-22-8-5-4-6-9-22)34(47-36)23-12-14-24(15-13-23)39-35(46)30(43)20-42/h4-15,19,21,30,42-43H,16-18,20H2,1-3H3,(H,39,46)/t30-/m1/s1. The fraction of sp³-hybridized carbons (Fsp3) is 0.250. The summed E-state index contributed by atoms with van der Waals surface area (Å²) in [4.78, 5) is 42.9. The molecule has 0 aliphatic rings. The van der Waals surface area contributed by atoms with E-state index in [1.807, 2.05) is 42.3 Å². The molecule has 0 spiro atoms. The zero-order valence-corrected chi connectivity index (χ0v) is 27.0. The molecule has 0 unspecified atom stereocenters. The van der Waals surface area contributed by atoms with Gasteiger partial charge in [0.15, 0.2) is 11.9 Å². The van der Waals surface area contributed by atoms with Gasteiger partial charge in [0, 0.05) is 41.3 Å². The zero-order chi connectivity index (χ0) is 33.8. The Morgan fingerprint density at radius 3 is 2.21 bits per heavy atom. The minimum Gasteiger partial charge on any atom is -0.393 e. The number of nitrogens with one attached hydrogen (secondary N) is 1. The van der Waals surface area contributed by atoms with E-state index in [9.17, 15) is 28.3 Å². The number of fused-ring (bicyclic) bond motifs is 1. The minimum absolute atomic E-state index is 0.0546. The number of anilines is 1. The number of ketones is 1. The summed E-state index contributed by atoms with van der Waals surface area (Å²) in [5.41, 5.74) is 2.11. The fourth-order valence-electron chi connectivity index (χ4n) is 5.37. The highest BCUT2D eigenvalue weighted by Crippen LogP contribution is 2.39. The number of rotatable bonds is 12. The second kappa shape index (κ2) is 14.5. The summed E-state index contributed by atoms with van der Waals surface area (Å²) in [5.74, 6) is -3.10. The first-order valence-electron chi connectivity index (χ1n) is 15.1. The lowest BCUT2D eigenvalue weighted by Gasteiger charge is -2.18. The average Bonchev–Trinajstić information content (AvgIpc) is 3.43. The number of aromatic nitrogens is 1. The molecule has 8 nitrogen and oxygen atoms in total. The van der Waals surface area contributed by atoms with Gasteiger partial charge in [-0.05, 0) is 48.0 Å². The number of benzene rings is 3. The van der Waals surface area contributed by atoms with Gasteiger partial charge in [-0.3, -0.25) is 19.3 Å². The summed E-state index contributed by atoms with van der Waals surface area (Å²) in [7, 11) is 1.92. The maximum atomic E-state index is 14.9. The van der Waals surface area contributed by atoms with Crippen molar-refractivity contribution in [2.45, 2.75) is 39.6 Å². The van der Waals surface area contributed by atoms with Gasteiger partial charge < -0.3 is 20.1 Å². The third-order valence-corrected chi connectivity index (χ3v) is 9.12. The van der Waals surface area contributed by atoms with Crippen molar-refractivity contribution in [3.05, 3.63) is 123 Å². The maximum absolute atomic E-state index is 14.9. The maximum Gasteiger partial charge on any atom is 0.255 e. The number of carbonyl (C=O) groups is 2. The third-order valence-electron chi connectivity index (χ3n) is 7.80. The highest BCUT2D eigenvalue weighted by atomic mass is 32.1. The number of amides is 1. The molecular formula is C36H35F2N3O5S. The Bertz CT molecular complexity index is 1950. The normalized spacial score (nSPS) is 12.2. The smallest absolute Gasteiger partial charge is 0.255 e. The van der Waals surface area contributed by atoms with Crippen molar-refractivity contribution in [1.82, 2.24) is 9.47 Å². The highest BCUT2D eigenvalue weighted by Gasteiger charge is 2.26. The second-order valence-corrected chi connectivity index (χ2v) is 12.7. The molecule has 3 N–H and O–H groups in total. The van der Waals surface area contributed by atoms with Crippen molar-refractivity contribution in [2.75, 3.05) is 19.0 Å². The second-order valence-electron chi connectivity index (χ2n) is 11.7. The molecule has 47 heavy (non-hydrogen) atoms. The van der Waals surface area contributed by atoms with Gasteiger partial charge in [0.25, 0.3) is 5.91 Å². The lowest BCUT2D eigenvalue weighted by molar-refractivity contribution is -0.125. The molecule has 2 aromatic heterocycles. The fourth-order valence-corrected chi connectivity index (χ4v) is 6.66. The molecule has 3 aromatic carbocycles. The van der Waals surface area contributed by atoms with Crippen LogP contribution in [0.1, 0.15) is 40.9 Å². The van der Waals surface area contributed by atoms with Crippen molar-refractivity contribution in [3.63, 3.8) is 0 Å². The van der Waals surface area contributed by atoms with Crippen LogP contribution in [0.25, 0.3) is 20.7 Å². The molecule has 0 bridgehead atoms. The number of aliphatic hydroxyl groups is 2. The quantitative estimate of drug-likeness (QED) is 0.146. The van der Waals surface area contributed by atoms with Crippen LogP contribution in [0.3, 0.4) is 0 Å². The van der Waals surface area contributed by atoms with Gasteiger partial charge in [-0.15, -0.1) is 11.3 Å². The molecule has 1 atom stereocenters. The van der Waals surface area contributed by atoms with Crippen LogP contribution in [0.2, 0.25) is 0 Å². The number of hydrogen-bond acceptors (Lipinski definition) is 7. The summed E-state index contributed by atoms with van der Waals surface area (Å²) < 4.78 is 31.4. The van der Waals surface area contributed by atoms with E-state index in [0.29, 0.717) is 45.0 Å². The largest absolute Gasteiger partial charge is 0.393 e. The van der Waals surface area contributed by atoms with Crippen LogP contribution in [0.15, 0.2) is 83.8 Å². The summed E-state index contributed by atoms with van der Waals surface area (Å²) in [6.45, 7) is 3.30. The van der Waals surface area contributed by atoms with Crippen LogP contribution >= 0.6 is 11.3 Å². The first-order valence-corrected chi connectivity index (χ1v) is 15.9. The molecule has 0 radical (unpaired) electrons. The van der Waals surface area contributed by atoms with Gasteiger partial charge in [0.1, 0.15) is 16.5 Å². The van der Waals surface area contributed by atoms with E-state index in [4.69, 9.17) is 5.11 Å². The predicted octanol–water partition coefficient (Wildman–Crippen LogP) is 5.82. The average molecular weight is 660 g/mol. The summed E-state index contributed by atoms with van der Waals surface area (Å²) in [5, 5.41) is 21.6. The number of aliphatic hydroxyl groups excluding tert-OH is 2. The van der Waals surface area contributed by atoms with E-state index in [1.54, 1.807) is 42.7 Å². The molecule has 0 fully saturated rings. The van der Waals surface area contributed by atoms with Crippen LogP contribution in [0.5, 0.6) is 0 Å². The zero-order valence-electron chi connectivity index (χ0n) is 26.2. The van der Waals surface area contributed by atoms with Crippen molar-refractivity contribution in [3.8, 4) is 10.4 Å². The van der Waals surface area contributed by atoms with E-state index < -0.39 is 41.6 Å². The summed E-state index contributed by atoms with van der Waals surface area (Å²) in [6, 6.07) is 20.2. The Morgan fingerprint density at radius 2 is 1.60 bits per heavy atom. The Hall–Kier alpha value is -4.55. The third kappa shape index (κ3) is 7.39. The molecule has 0 aliphatic heterocycles. The minimum atomic E-state index is -1.57. The SMILES string of the molecule is CC(C)C(=O)c1cn(Cc2c(F)cccc2F)c2sc(-c3ccc(NC(=O)[C@H](O)CO)cc3)c(CN(C)Cc3ccccc3)c2c1=O. The molecular weight excluding hydrogens is 624 g/mol. The number of pyridine rings is 1. The Balaban J connectivity index is 1.70. The van der Waals surface area contributed by atoms with Crippen molar-refractivity contribution >= 4 is 38.9 Å². The first-order chi connectivity index (χ1) is 22.5. The van der Waals surface area contributed by atoms with Gasteiger partial charge in [0.2, 0.25) is 5.43 Å². The highest BCUT2D eigenvalue weighted by molar-refractivity contribution is 7.22. The number of Topliss-reactive ketones (excluding diaryl/α,β-unsaturated/α-hetero) is 1. The Kier molecular flexibility index (Phi) is 10.4. The molecule has 0 saturated heterocycles. The van der Waals surface area contributed by atoms with Crippen molar-refractivity contribution < 1.29 is 28.6 Å². The Labute approximate surface area is 274 Å². The van der Waals surface area contributed by atoms with Gasteiger partial charge in [-0.1, -0.05) is 62.4 Å². The van der Waals surface area contributed by atoms with Crippen molar-refractivity contribution in [1.29, 1.82) is 0 Å². The molecule has 2 heterocycles. The summed E-state index contributed by atoms with van der Waals surface area (Å²) in [6.07, 6.45) is -0.168. The lowest BCUT2D eigenvalue weighted by Crippen LogP contribution is -2.30. The molecule has 1 amide bonds. The van der Waals surface area contributed by atoms with Gasteiger partial charge in [0.05, 0.1) is 24.1 Å². The topological polar surface area (TPSA) is 112 Å². The van der Waals surface area contributed by atoms with E-state index in [0.717, 1.165) is 5.56 Å². The molecule has 0 aliphatic carbocycles. The van der Waals surface area contributed by atoms with E-state index in [2.05, 4.69) is 5.32 Å². The molecule has 5 rings (SSSR count). The molecule has 244 valence electrons. The molecule has 5 aromatic rings. The van der Waals surface area contributed by atoms with Gasteiger partial charge in [-0.2, -0.15) is 0 Å². The summed E-state index contributed by atoms with van der Waals surface area (Å²) >= 11 is 1.27.